The maximum atomic E-state index is 12.1. The highest BCUT2D eigenvalue weighted by Crippen LogP contribution is 2.26. The number of H-pyrrole nitrogens is 1. The molecule has 3 rings (SSSR count). The smallest absolute Gasteiger partial charge is 0.251 e. The normalized spacial score (nSPS) is 20.0. The quantitative estimate of drug-likeness (QED) is 0.820. The van der Waals surface area contributed by atoms with Gasteiger partial charge in [0.1, 0.15) is 0 Å². The van der Waals surface area contributed by atoms with Crippen molar-refractivity contribution in [1.29, 1.82) is 0 Å². The molecule has 1 aliphatic heterocycles. The van der Waals surface area contributed by atoms with Crippen LogP contribution in [0, 0.1) is 0 Å². The summed E-state index contributed by atoms with van der Waals surface area (Å²) < 4.78 is 0. The van der Waals surface area contributed by atoms with E-state index in [-0.39, 0.29) is 18.0 Å². The molecule has 0 atom stereocenters. The predicted molar refractivity (Wildman–Crippen MR) is 75.8 cm³/mol. The van der Waals surface area contributed by atoms with Crippen molar-refractivity contribution in [3.05, 3.63) is 33.2 Å². The van der Waals surface area contributed by atoms with E-state index in [2.05, 4.69) is 16.4 Å². The van der Waals surface area contributed by atoms with Crippen LogP contribution in [0.15, 0.2) is 10.9 Å². The van der Waals surface area contributed by atoms with Gasteiger partial charge in [0, 0.05) is 11.3 Å². The molecule has 1 aliphatic carbocycles. The van der Waals surface area contributed by atoms with Gasteiger partial charge in [0.25, 0.3) is 5.56 Å². The first-order valence-electron chi connectivity index (χ1n) is 6.80. The average Bonchev–Trinajstić information content (AvgIpc) is 2.39. The molecule has 0 amide bonds. The summed E-state index contributed by atoms with van der Waals surface area (Å²) in [6, 6.07) is 2.20. The molecule has 2 aliphatic rings. The van der Waals surface area contributed by atoms with E-state index in [0.29, 0.717) is 5.92 Å². The largest absolute Gasteiger partial charge is 0.326 e. The van der Waals surface area contributed by atoms with Crippen LogP contribution >= 0.6 is 12.4 Å². The molecule has 0 radical (unpaired) electrons. The second-order valence-corrected chi connectivity index (χ2v) is 5.29. The third-order valence-electron chi connectivity index (χ3n) is 4.15. The number of fused-ring (bicyclic) bond motifs is 1. The summed E-state index contributed by atoms with van der Waals surface area (Å²) in [5.74, 6) is 0.465. The lowest BCUT2D eigenvalue weighted by Gasteiger charge is -2.24. The van der Waals surface area contributed by atoms with Gasteiger partial charge >= 0.3 is 0 Å². The minimum absolute atomic E-state index is 0. The third kappa shape index (κ3) is 2.62. The maximum absolute atomic E-state index is 12.1. The van der Waals surface area contributed by atoms with Crippen molar-refractivity contribution in [2.45, 2.75) is 44.4 Å². The van der Waals surface area contributed by atoms with Crippen LogP contribution < -0.4 is 10.9 Å². The molecule has 2 heterocycles. The second-order valence-electron chi connectivity index (χ2n) is 5.29. The van der Waals surface area contributed by atoms with Crippen molar-refractivity contribution in [3.8, 4) is 0 Å². The van der Waals surface area contributed by atoms with Crippen LogP contribution in [0.5, 0.6) is 0 Å². The molecule has 2 N–H and O–H groups in total. The number of pyridine rings is 1. The van der Waals surface area contributed by atoms with Gasteiger partial charge < -0.3 is 10.3 Å². The van der Waals surface area contributed by atoms with E-state index >= 15 is 0 Å². The summed E-state index contributed by atoms with van der Waals surface area (Å²) >= 11 is 0. The summed E-state index contributed by atoms with van der Waals surface area (Å²) in [4.78, 5) is 15.2. The zero-order valence-corrected chi connectivity index (χ0v) is 11.4. The van der Waals surface area contributed by atoms with Gasteiger partial charge in [-0.25, -0.2) is 0 Å². The van der Waals surface area contributed by atoms with Crippen LogP contribution in [0.1, 0.15) is 48.4 Å². The average molecular weight is 269 g/mol. The van der Waals surface area contributed by atoms with Crippen molar-refractivity contribution in [2.75, 3.05) is 13.1 Å². The lowest BCUT2D eigenvalue weighted by atomic mass is 9.87. The topological polar surface area (TPSA) is 44.9 Å². The number of rotatable bonds is 1. The van der Waals surface area contributed by atoms with Crippen molar-refractivity contribution in [3.63, 3.8) is 0 Å². The fourth-order valence-corrected chi connectivity index (χ4v) is 3.13. The summed E-state index contributed by atoms with van der Waals surface area (Å²) in [7, 11) is 0. The standard InChI is InChI=1S/C14H20N2O.ClH/c17-14-12(10-5-7-15-8-6-10)9-11-3-1-2-4-13(11)16-14;/h9-10,15H,1-8H2,(H,16,17);1H. The molecule has 0 spiro atoms. The van der Waals surface area contributed by atoms with Gasteiger partial charge in [-0.1, -0.05) is 0 Å². The second kappa shape index (κ2) is 5.89. The first-order chi connectivity index (χ1) is 8.34. The number of halogens is 1. The summed E-state index contributed by atoms with van der Waals surface area (Å²) in [6.07, 6.45) is 6.88. The Kier molecular flexibility index (Phi) is 4.46. The Morgan fingerprint density at radius 1 is 1.11 bits per heavy atom. The van der Waals surface area contributed by atoms with Crippen LogP contribution in [0.2, 0.25) is 0 Å². The molecule has 1 fully saturated rings. The molecule has 0 aromatic carbocycles. The third-order valence-corrected chi connectivity index (χ3v) is 4.15. The highest BCUT2D eigenvalue weighted by atomic mass is 35.5. The van der Waals surface area contributed by atoms with Crippen molar-refractivity contribution in [2.24, 2.45) is 0 Å². The van der Waals surface area contributed by atoms with Gasteiger partial charge in [0.2, 0.25) is 0 Å². The molecule has 1 aromatic rings. The van der Waals surface area contributed by atoms with E-state index in [4.69, 9.17) is 0 Å². The SMILES string of the molecule is Cl.O=c1[nH]c2c(cc1C1CCNCC1)CCCC2. The van der Waals surface area contributed by atoms with Crippen molar-refractivity contribution in [1.82, 2.24) is 10.3 Å². The van der Waals surface area contributed by atoms with Crippen LogP contribution in [-0.4, -0.2) is 18.1 Å². The lowest BCUT2D eigenvalue weighted by Crippen LogP contribution is -2.30. The fraction of sp³-hybridized carbons (Fsp3) is 0.643. The van der Waals surface area contributed by atoms with E-state index in [9.17, 15) is 4.79 Å². The Morgan fingerprint density at radius 3 is 2.61 bits per heavy atom. The van der Waals surface area contributed by atoms with Gasteiger partial charge in [-0.3, -0.25) is 4.79 Å². The Hall–Kier alpha value is -0.800. The monoisotopic (exact) mass is 268 g/mol. The Labute approximate surface area is 114 Å². The fourth-order valence-electron chi connectivity index (χ4n) is 3.13. The van der Waals surface area contributed by atoms with E-state index in [1.807, 2.05) is 0 Å². The molecule has 1 saturated heterocycles. The summed E-state index contributed by atoms with van der Waals surface area (Å²) in [5, 5.41) is 3.35. The van der Waals surface area contributed by atoms with E-state index in [1.54, 1.807) is 0 Å². The summed E-state index contributed by atoms with van der Waals surface area (Å²) in [6.45, 7) is 2.09. The van der Waals surface area contributed by atoms with Gasteiger partial charge in [-0.15, -0.1) is 12.4 Å². The molecule has 100 valence electrons. The van der Waals surface area contributed by atoms with E-state index < -0.39 is 0 Å². The lowest BCUT2D eigenvalue weighted by molar-refractivity contribution is 0.456. The van der Waals surface area contributed by atoms with E-state index in [0.717, 1.165) is 44.3 Å². The Bertz CT molecular complexity index is 463. The number of aromatic nitrogens is 1. The molecular weight excluding hydrogens is 248 g/mol. The molecule has 1 aromatic heterocycles. The number of hydrogen-bond donors (Lipinski definition) is 2. The Morgan fingerprint density at radius 2 is 1.83 bits per heavy atom. The molecule has 0 bridgehead atoms. The van der Waals surface area contributed by atoms with E-state index in [1.165, 1.54) is 24.1 Å². The molecule has 0 unspecified atom stereocenters. The minimum atomic E-state index is 0. The number of piperidine rings is 1. The molecule has 18 heavy (non-hydrogen) atoms. The zero-order valence-electron chi connectivity index (χ0n) is 10.6. The van der Waals surface area contributed by atoms with Crippen molar-refractivity contribution >= 4 is 12.4 Å². The molecular formula is C14H21ClN2O. The van der Waals surface area contributed by atoms with Gasteiger partial charge in [0.05, 0.1) is 0 Å². The number of aryl methyl sites for hydroxylation is 2. The highest BCUT2D eigenvalue weighted by molar-refractivity contribution is 5.85. The Balaban J connectivity index is 0.00000120. The van der Waals surface area contributed by atoms with Gasteiger partial charge in [-0.2, -0.15) is 0 Å². The molecule has 0 saturated carbocycles. The molecule has 3 nitrogen and oxygen atoms in total. The predicted octanol–water partition coefficient (Wildman–Crippen LogP) is 2.14. The first-order valence-corrected chi connectivity index (χ1v) is 6.80. The van der Waals surface area contributed by atoms with Gasteiger partial charge in [-0.05, 0) is 69.2 Å². The van der Waals surface area contributed by atoms with Crippen LogP contribution in [0.3, 0.4) is 0 Å². The number of nitrogens with one attached hydrogen (secondary N) is 2. The van der Waals surface area contributed by atoms with Crippen LogP contribution in [-0.2, 0) is 12.8 Å². The summed E-state index contributed by atoms with van der Waals surface area (Å²) in [5.41, 5.74) is 3.79. The minimum Gasteiger partial charge on any atom is -0.326 e. The number of hydrogen-bond acceptors (Lipinski definition) is 2. The van der Waals surface area contributed by atoms with Crippen LogP contribution in [0.4, 0.5) is 0 Å². The van der Waals surface area contributed by atoms with Crippen molar-refractivity contribution < 1.29 is 0 Å². The van der Waals surface area contributed by atoms with Crippen LogP contribution in [0.25, 0.3) is 0 Å². The highest BCUT2D eigenvalue weighted by Gasteiger charge is 2.20. The maximum Gasteiger partial charge on any atom is 0.251 e. The van der Waals surface area contributed by atoms with Gasteiger partial charge in [0.15, 0.2) is 0 Å². The zero-order chi connectivity index (χ0) is 11.7. The first kappa shape index (κ1) is 13.6. The number of aromatic amines is 1. The molecule has 4 heteroatoms.